The van der Waals surface area contributed by atoms with Gasteiger partial charge in [0.25, 0.3) is 15.9 Å². The summed E-state index contributed by atoms with van der Waals surface area (Å²) in [5, 5.41) is 10.2. The molecule has 0 aliphatic carbocycles. The maximum atomic E-state index is 13.1. The van der Waals surface area contributed by atoms with E-state index >= 15 is 0 Å². The van der Waals surface area contributed by atoms with E-state index in [2.05, 4.69) is 19.7 Å². The summed E-state index contributed by atoms with van der Waals surface area (Å²) in [4.78, 5) is 12.5. The molecule has 0 aliphatic heterocycles. The summed E-state index contributed by atoms with van der Waals surface area (Å²) >= 11 is 0. The average molecular weight is 429 g/mol. The first-order valence-electron chi connectivity index (χ1n) is 9.37. The van der Waals surface area contributed by atoms with Gasteiger partial charge in [-0.2, -0.15) is 0 Å². The van der Waals surface area contributed by atoms with E-state index in [0.717, 1.165) is 5.56 Å². The summed E-state index contributed by atoms with van der Waals surface area (Å²) in [5.41, 5.74) is 2.25. The summed E-state index contributed by atoms with van der Waals surface area (Å²) in [6.07, 6.45) is 2.38. The highest BCUT2D eigenvalue weighted by Gasteiger charge is 2.23. The molecule has 0 spiro atoms. The van der Waals surface area contributed by atoms with Crippen LogP contribution in [-0.2, 0) is 10.0 Å². The van der Waals surface area contributed by atoms with Gasteiger partial charge in [0, 0.05) is 11.8 Å². The highest BCUT2D eigenvalue weighted by atomic mass is 32.2. The van der Waals surface area contributed by atoms with Gasteiger partial charge in [-0.15, -0.1) is 0 Å². The second-order valence-electron chi connectivity index (χ2n) is 7.14. The lowest BCUT2D eigenvalue weighted by Crippen LogP contribution is -2.16. The molecule has 30 heavy (non-hydrogen) atoms. The number of hydrogen-bond donors (Lipinski definition) is 2. The lowest BCUT2D eigenvalue weighted by atomic mass is 9.97. The van der Waals surface area contributed by atoms with E-state index in [1.54, 1.807) is 37.3 Å². The van der Waals surface area contributed by atoms with E-state index in [4.69, 9.17) is 4.74 Å². The molecule has 1 aromatic carbocycles. The largest absolute Gasteiger partial charge is 0.478 e. The number of methoxy groups -OCH3 is 1. The second kappa shape index (κ2) is 8.76. The third-order valence-electron chi connectivity index (χ3n) is 4.50. The molecule has 1 atom stereocenters. The SMILES string of the molecule is COc1nc(C)cnc1NS(=O)(=O)c1cccnc1-c1ccc(C(O)C(C)C)cc1. The fraction of sp³-hybridized carbons (Fsp3) is 0.286. The summed E-state index contributed by atoms with van der Waals surface area (Å²) < 4.78 is 33.8. The first-order valence-corrected chi connectivity index (χ1v) is 10.8. The van der Waals surface area contributed by atoms with Gasteiger partial charge in [-0.1, -0.05) is 38.1 Å². The Morgan fingerprint density at radius 1 is 1.10 bits per heavy atom. The second-order valence-corrected chi connectivity index (χ2v) is 8.79. The Morgan fingerprint density at radius 2 is 1.80 bits per heavy atom. The molecular formula is C21H24N4O4S. The van der Waals surface area contributed by atoms with E-state index in [1.807, 2.05) is 13.8 Å². The number of aryl methyl sites for hydroxylation is 1. The molecule has 0 amide bonds. The smallest absolute Gasteiger partial charge is 0.265 e. The molecule has 3 aromatic rings. The van der Waals surface area contributed by atoms with Crippen molar-refractivity contribution < 1.29 is 18.3 Å². The molecule has 0 aliphatic rings. The fourth-order valence-electron chi connectivity index (χ4n) is 2.90. The molecule has 2 N–H and O–H groups in total. The molecule has 0 bridgehead atoms. The van der Waals surface area contributed by atoms with Crippen molar-refractivity contribution in [3.8, 4) is 17.1 Å². The van der Waals surface area contributed by atoms with Crippen molar-refractivity contribution in [2.24, 2.45) is 5.92 Å². The Morgan fingerprint density at radius 3 is 2.43 bits per heavy atom. The monoisotopic (exact) mass is 428 g/mol. The number of aliphatic hydroxyl groups excluding tert-OH is 1. The zero-order valence-electron chi connectivity index (χ0n) is 17.2. The van der Waals surface area contributed by atoms with Gasteiger partial charge in [-0.3, -0.25) is 9.71 Å². The van der Waals surface area contributed by atoms with Crippen molar-refractivity contribution in [3.63, 3.8) is 0 Å². The predicted molar refractivity (Wildman–Crippen MR) is 114 cm³/mol. The van der Waals surface area contributed by atoms with E-state index in [9.17, 15) is 13.5 Å². The van der Waals surface area contributed by atoms with Crippen molar-refractivity contribution >= 4 is 15.8 Å². The summed E-state index contributed by atoms with van der Waals surface area (Å²) in [6, 6.07) is 10.0. The number of sulfonamides is 1. The number of ether oxygens (including phenoxy) is 1. The first-order chi connectivity index (χ1) is 14.2. The molecule has 9 heteroatoms. The molecular weight excluding hydrogens is 404 g/mol. The zero-order chi connectivity index (χ0) is 21.9. The molecule has 0 fully saturated rings. The van der Waals surface area contributed by atoms with E-state index in [0.29, 0.717) is 11.3 Å². The Labute approximate surface area is 176 Å². The van der Waals surface area contributed by atoms with E-state index < -0.39 is 16.1 Å². The Bertz CT molecular complexity index is 1130. The normalized spacial score (nSPS) is 12.6. The van der Waals surface area contributed by atoms with Crippen LogP contribution in [0.15, 0.2) is 53.7 Å². The lowest BCUT2D eigenvalue weighted by Gasteiger charge is -2.16. The molecule has 8 nitrogen and oxygen atoms in total. The number of anilines is 1. The minimum atomic E-state index is -4.02. The number of pyridine rings is 1. The van der Waals surface area contributed by atoms with Crippen molar-refractivity contribution in [2.45, 2.75) is 31.8 Å². The maximum Gasteiger partial charge on any atom is 0.265 e. The highest BCUT2D eigenvalue weighted by Crippen LogP contribution is 2.30. The summed E-state index contributed by atoms with van der Waals surface area (Å²) in [5.74, 6) is 0.140. The van der Waals surface area contributed by atoms with Crippen LogP contribution in [-0.4, -0.2) is 35.6 Å². The van der Waals surface area contributed by atoms with Gasteiger partial charge in [0.2, 0.25) is 5.82 Å². The molecule has 0 saturated heterocycles. The minimum absolute atomic E-state index is 0.00620. The Kier molecular flexibility index (Phi) is 6.33. The predicted octanol–water partition coefficient (Wildman–Crippen LogP) is 3.35. The van der Waals surface area contributed by atoms with Crippen LogP contribution in [0.3, 0.4) is 0 Å². The van der Waals surface area contributed by atoms with Gasteiger partial charge in [0.1, 0.15) is 4.90 Å². The average Bonchev–Trinajstić information content (AvgIpc) is 2.74. The zero-order valence-corrected chi connectivity index (χ0v) is 18.0. The van der Waals surface area contributed by atoms with Crippen molar-refractivity contribution in [1.82, 2.24) is 15.0 Å². The van der Waals surface area contributed by atoms with Crippen molar-refractivity contribution in [1.29, 1.82) is 0 Å². The maximum absolute atomic E-state index is 13.1. The number of aromatic nitrogens is 3. The van der Waals surface area contributed by atoms with Gasteiger partial charge in [-0.25, -0.2) is 18.4 Å². The van der Waals surface area contributed by atoms with Crippen LogP contribution in [0, 0.1) is 12.8 Å². The number of benzene rings is 1. The van der Waals surface area contributed by atoms with Crippen LogP contribution in [0.1, 0.15) is 31.2 Å². The van der Waals surface area contributed by atoms with E-state index in [1.165, 1.54) is 25.6 Å². The van der Waals surface area contributed by atoms with Gasteiger partial charge in [-0.05, 0) is 30.5 Å². The topological polar surface area (TPSA) is 114 Å². The van der Waals surface area contributed by atoms with Crippen LogP contribution < -0.4 is 9.46 Å². The number of rotatable bonds is 7. The Hall–Kier alpha value is -3.04. The first kappa shape index (κ1) is 21.7. The minimum Gasteiger partial charge on any atom is -0.478 e. The molecule has 2 heterocycles. The molecule has 0 radical (unpaired) electrons. The molecule has 158 valence electrons. The third kappa shape index (κ3) is 4.58. The van der Waals surface area contributed by atoms with Crippen LogP contribution in [0.2, 0.25) is 0 Å². The van der Waals surface area contributed by atoms with Crippen molar-refractivity contribution in [3.05, 3.63) is 60.0 Å². The van der Waals surface area contributed by atoms with Gasteiger partial charge in [0.15, 0.2) is 0 Å². The lowest BCUT2D eigenvalue weighted by molar-refractivity contribution is 0.127. The standard InChI is InChI=1S/C21H24N4O4S/c1-13(2)19(26)16-9-7-15(8-10-16)18-17(6-5-11-22-18)30(27,28)25-20-21(29-4)24-14(3)12-23-20/h5-13,19,26H,1-4H3,(H,23,25). The third-order valence-corrected chi connectivity index (χ3v) is 5.87. The number of hydrogen-bond acceptors (Lipinski definition) is 7. The molecule has 1 unspecified atom stereocenters. The summed E-state index contributed by atoms with van der Waals surface area (Å²) in [7, 11) is -2.63. The highest BCUT2D eigenvalue weighted by molar-refractivity contribution is 7.92. The molecule has 0 saturated carbocycles. The van der Waals surface area contributed by atoms with Crippen LogP contribution in [0.25, 0.3) is 11.3 Å². The Balaban J connectivity index is 1.99. The number of aliphatic hydroxyl groups is 1. The molecule has 3 rings (SSSR count). The van der Waals surface area contributed by atoms with Crippen LogP contribution >= 0.6 is 0 Å². The fourth-order valence-corrected chi connectivity index (χ4v) is 4.08. The van der Waals surface area contributed by atoms with Gasteiger partial charge < -0.3 is 9.84 Å². The quantitative estimate of drug-likeness (QED) is 0.593. The van der Waals surface area contributed by atoms with Crippen molar-refractivity contribution in [2.75, 3.05) is 11.8 Å². The van der Waals surface area contributed by atoms with Crippen LogP contribution in [0.5, 0.6) is 5.88 Å². The number of nitrogens with zero attached hydrogens (tertiary/aromatic N) is 3. The van der Waals surface area contributed by atoms with E-state index in [-0.39, 0.29) is 28.2 Å². The van der Waals surface area contributed by atoms with Gasteiger partial charge >= 0.3 is 0 Å². The summed E-state index contributed by atoms with van der Waals surface area (Å²) in [6.45, 7) is 5.58. The van der Waals surface area contributed by atoms with Gasteiger partial charge in [0.05, 0.1) is 30.8 Å². The molecule has 2 aromatic heterocycles. The number of nitrogens with one attached hydrogen (secondary N) is 1. The van der Waals surface area contributed by atoms with Crippen LogP contribution in [0.4, 0.5) is 5.82 Å².